The molecule has 17 heavy (non-hydrogen) atoms. The lowest BCUT2D eigenvalue weighted by Crippen LogP contribution is -2.42. The standard InChI is InChI=1S/C15H32N2/c1-7-9-17(15(4,5)6)10-8-14(12-16)11-13(2)3/h7,13-14H,1,8-12,16H2,2-6H3. The van der Waals surface area contributed by atoms with Crippen LogP contribution in [0.15, 0.2) is 12.7 Å². The van der Waals surface area contributed by atoms with E-state index in [0.29, 0.717) is 5.92 Å². The number of rotatable bonds is 8. The molecule has 0 aliphatic heterocycles. The lowest BCUT2D eigenvalue weighted by atomic mass is 9.93. The highest BCUT2D eigenvalue weighted by Crippen LogP contribution is 2.18. The van der Waals surface area contributed by atoms with Gasteiger partial charge in [0.15, 0.2) is 0 Å². The molecule has 1 unspecified atom stereocenters. The zero-order chi connectivity index (χ0) is 13.5. The molecule has 102 valence electrons. The van der Waals surface area contributed by atoms with Crippen LogP contribution in [-0.4, -0.2) is 30.1 Å². The molecule has 0 rings (SSSR count). The second-order valence-electron chi connectivity index (χ2n) is 6.43. The first kappa shape index (κ1) is 16.7. The third-order valence-corrected chi connectivity index (χ3v) is 3.24. The minimum absolute atomic E-state index is 0.213. The molecule has 0 aliphatic rings. The van der Waals surface area contributed by atoms with E-state index >= 15 is 0 Å². The summed E-state index contributed by atoms with van der Waals surface area (Å²) in [6.45, 7) is 18.1. The van der Waals surface area contributed by atoms with Gasteiger partial charge in [0.2, 0.25) is 0 Å². The Morgan fingerprint density at radius 2 is 1.88 bits per heavy atom. The van der Waals surface area contributed by atoms with E-state index in [4.69, 9.17) is 5.73 Å². The van der Waals surface area contributed by atoms with E-state index in [1.807, 2.05) is 6.08 Å². The van der Waals surface area contributed by atoms with E-state index in [1.165, 1.54) is 12.8 Å². The monoisotopic (exact) mass is 240 g/mol. The highest BCUT2D eigenvalue weighted by molar-refractivity contribution is 4.83. The van der Waals surface area contributed by atoms with Crippen LogP contribution in [0.5, 0.6) is 0 Å². The summed E-state index contributed by atoms with van der Waals surface area (Å²) in [5.41, 5.74) is 6.07. The van der Waals surface area contributed by atoms with E-state index in [-0.39, 0.29) is 5.54 Å². The van der Waals surface area contributed by atoms with Gasteiger partial charge in [-0.25, -0.2) is 0 Å². The van der Waals surface area contributed by atoms with Crippen LogP contribution >= 0.6 is 0 Å². The van der Waals surface area contributed by atoms with Crippen molar-refractivity contribution in [1.82, 2.24) is 4.90 Å². The molecular formula is C15H32N2. The van der Waals surface area contributed by atoms with Crippen molar-refractivity contribution in [3.05, 3.63) is 12.7 Å². The molecule has 2 nitrogen and oxygen atoms in total. The molecule has 2 heteroatoms. The van der Waals surface area contributed by atoms with Crippen LogP contribution in [0, 0.1) is 11.8 Å². The summed E-state index contributed by atoms with van der Waals surface area (Å²) in [6.07, 6.45) is 4.42. The smallest absolute Gasteiger partial charge is 0.0165 e. The maximum absolute atomic E-state index is 5.85. The molecule has 0 fully saturated rings. The number of nitrogens with two attached hydrogens (primary N) is 1. The lowest BCUT2D eigenvalue weighted by molar-refractivity contribution is 0.141. The van der Waals surface area contributed by atoms with E-state index in [0.717, 1.165) is 25.6 Å². The van der Waals surface area contributed by atoms with Crippen LogP contribution in [0.3, 0.4) is 0 Å². The van der Waals surface area contributed by atoms with E-state index in [2.05, 4.69) is 46.1 Å². The molecule has 0 radical (unpaired) electrons. The van der Waals surface area contributed by atoms with Crippen molar-refractivity contribution in [3.8, 4) is 0 Å². The van der Waals surface area contributed by atoms with Gasteiger partial charge in [-0.05, 0) is 58.5 Å². The fourth-order valence-electron chi connectivity index (χ4n) is 2.19. The Bertz CT molecular complexity index is 203. The molecule has 0 aromatic rings. The van der Waals surface area contributed by atoms with Crippen LogP contribution in [-0.2, 0) is 0 Å². The van der Waals surface area contributed by atoms with E-state index in [1.54, 1.807) is 0 Å². The highest BCUT2D eigenvalue weighted by atomic mass is 15.2. The fourth-order valence-corrected chi connectivity index (χ4v) is 2.19. The molecule has 0 aromatic carbocycles. The second kappa shape index (κ2) is 7.88. The topological polar surface area (TPSA) is 29.3 Å². The minimum Gasteiger partial charge on any atom is -0.330 e. The molecule has 0 aromatic heterocycles. The van der Waals surface area contributed by atoms with Crippen LogP contribution in [0.2, 0.25) is 0 Å². The molecule has 0 saturated heterocycles. The van der Waals surface area contributed by atoms with Crippen molar-refractivity contribution in [2.45, 2.75) is 53.0 Å². The van der Waals surface area contributed by atoms with Crippen LogP contribution < -0.4 is 5.73 Å². The van der Waals surface area contributed by atoms with Gasteiger partial charge < -0.3 is 5.73 Å². The average Bonchev–Trinajstić information content (AvgIpc) is 2.19. The maximum atomic E-state index is 5.85. The Balaban J connectivity index is 4.22. The largest absolute Gasteiger partial charge is 0.330 e. The van der Waals surface area contributed by atoms with E-state index < -0.39 is 0 Å². The first-order valence-electron chi connectivity index (χ1n) is 6.87. The first-order valence-corrected chi connectivity index (χ1v) is 6.87. The molecule has 0 bridgehead atoms. The summed E-state index contributed by atoms with van der Waals surface area (Å²) in [5, 5.41) is 0. The summed E-state index contributed by atoms with van der Waals surface area (Å²) in [6, 6.07) is 0. The van der Waals surface area contributed by atoms with Crippen LogP contribution in [0.4, 0.5) is 0 Å². The second-order valence-corrected chi connectivity index (χ2v) is 6.43. The van der Waals surface area contributed by atoms with Crippen molar-refractivity contribution in [1.29, 1.82) is 0 Å². The molecule has 0 heterocycles. The Labute approximate surface area is 108 Å². The van der Waals surface area contributed by atoms with Gasteiger partial charge in [0.05, 0.1) is 0 Å². The lowest BCUT2D eigenvalue weighted by Gasteiger charge is -2.36. The highest BCUT2D eigenvalue weighted by Gasteiger charge is 2.21. The molecular weight excluding hydrogens is 208 g/mol. The number of hydrogen-bond acceptors (Lipinski definition) is 2. The number of nitrogens with zero attached hydrogens (tertiary/aromatic N) is 1. The fraction of sp³-hybridized carbons (Fsp3) is 0.867. The van der Waals surface area contributed by atoms with Crippen LogP contribution in [0.25, 0.3) is 0 Å². The van der Waals surface area contributed by atoms with Gasteiger partial charge in [-0.3, -0.25) is 4.90 Å². The Kier molecular flexibility index (Phi) is 7.73. The average molecular weight is 240 g/mol. The van der Waals surface area contributed by atoms with Gasteiger partial charge in [0.1, 0.15) is 0 Å². The normalized spacial score (nSPS) is 14.4. The van der Waals surface area contributed by atoms with Crippen LogP contribution in [0.1, 0.15) is 47.5 Å². The Morgan fingerprint density at radius 3 is 2.24 bits per heavy atom. The number of hydrogen-bond donors (Lipinski definition) is 1. The van der Waals surface area contributed by atoms with Gasteiger partial charge >= 0.3 is 0 Å². The van der Waals surface area contributed by atoms with Gasteiger partial charge in [0.25, 0.3) is 0 Å². The summed E-state index contributed by atoms with van der Waals surface area (Å²) in [5.74, 6) is 1.40. The Hall–Kier alpha value is -0.340. The maximum Gasteiger partial charge on any atom is 0.0165 e. The molecule has 0 aliphatic carbocycles. The summed E-state index contributed by atoms with van der Waals surface area (Å²) in [7, 11) is 0. The Morgan fingerprint density at radius 1 is 1.29 bits per heavy atom. The summed E-state index contributed by atoms with van der Waals surface area (Å²) >= 11 is 0. The predicted octanol–water partition coefficient (Wildman–Crippen LogP) is 3.28. The van der Waals surface area contributed by atoms with E-state index in [9.17, 15) is 0 Å². The molecule has 0 saturated carbocycles. The summed E-state index contributed by atoms with van der Waals surface area (Å²) < 4.78 is 0. The molecule has 2 N–H and O–H groups in total. The first-order chi connectivity index (χ1) is 7.81. The van der Waals surface area contributed by atoms with Gasteiger partial charge in [-0.1, -0.05) is 19.9 Å². The van der Waals surface area contributed by atoms with Crippen molar-refractivity contribution < 1.29 is 0 Å². The third kappa shape index (κ3) is 7.56. The van der Waals surface area contributed by atoms with Crippen molar-refractivity contribution in [2.75, 3.05) is 19.6 Å². The van der Waals surface area contributed by atoms with Crippen molar-refractivity contribution in [3.63, 3.8) is 0 Å². The zero-order valence-electron chi connectivity index (χ0n) is 12.5. The van der Waals surface area contributed by atoms with Gasteiger partial charge in [-0.2, -0.15) is 0 Å². The molecule has 0 amide bonds. The summed E-state index contributed by atoms with van der Waals surface area (Å²) in [4.78, 5) is 2.48. The third-order valence-electron chi connectivity index (χ3n) is 3.24. The quantitative estimate of drug-likeness (QED) is 0.660. The SMILES string of the molecule is C=CCN(CCC(CN)CC(C)C)C(C)(C)C. The van der Waals surface area contributed by atoms with Gasteiger partial charge in [-0.15, -0.1) is 6.58 Å². The van der Waals surface area contributed by atoms with Crippen molar-refractivity contribution in [2.24, 2.45) is 17.6 Å². The minimum atomic E-state index is 0.213. The predicted molar refractivity (Wildman–Crippen MR) is 78.1 cm³/mol. The molecule has 1 atom stereocenters. The van der Waals surface area contributed by atoms with Gasteiger partial charge in [0, 0.05) is 12.1 Å². The molecule has 0 spiro atoms. The van der Waals surface area contributed by atoms with Crippen molar-refractivity contribution >= 4 is 0 Å². The zero-order valence-corrected chi connectivity index (χ0v) is 12.5.